The van der Waals surface area contributed by atoms with Crippen LogP contribution in [0.15, 0.2) is 65.6 Å². The van der Waals surface area contributed by atoms with Gasteiger partial charge in [-0.05, 0) is 35.9 Å². The normalized spacial score (nSPS) is 12.8. The molecule has 36 heavy (non-hydrogen) atoms. The van der Waals surface area contributed by atoms with Gasteiger partial charge in [0.15, 0.2) is 9.84 Å². The lowest BCUT2D eigenvalue weighted by molar-refractivity contribution is -0.274. The van der Waals surface area contributed by atoms with Crippen molar-refractivity contribution < 1.29 is 35.9 Å². The summed E-state index contributed by atoms with van der Waals surface area (Å²) in [5, 5.41) is 2.63. The number of para-hydroxylation sites is 1. The number of hydrogen-bond acceptors (Lipinski definition) is 5. The van der Waals surface area contributed by atoms with Gasteiger partial charge in [0, 0.05) is 30.2 Å². The van der Waals surface area contributed by atoms with Gasteiger partial charge in [0.25, 0.3) is 0 Å². The van der Waals surface area contributed by atoms with Crippen LogP contribution in [-0.2, 0) is 19.4 Å². The largest absolute Gasteiger partial charge is 0.573 e. The minimum absolute atomic E-state index is 0.00818. The van der Waals surface area contributed by atoms with E-state index >= 15 is 0 Å². The Bertz CT molecular complexity index is 1340. The van der Waals surface area contributed by atoms with Gasteiger partial charge in [0.1, 0.15) is 5.75 Å². The highest BCUT2D eigenvalue weighted by Crippen LogP contribution is 2.42. The number of hydrogen-bond donors (Lipinski definition) is 1. The van der Waals surface area contributed by atoms with Gasteiger partial charge in [-0.15, -0.1) is 13.2 Å². The molecule has 0 heterocycles. The van der Waals surface area contributed by atoms with Crippen molar-refractivity contribution in [2.45, 2.75) is 17.2 Å². The zero-order valence-corrected chi connectivity index (χ0v) is 21.2. The molecular weight excluding hydrogens is 542 g/mol. The molecule has 0 aliphatic heterocycles. The Morgan fingerprint density at radius 1 is 1.03 bits per heavy atom. The minimum atomic E-state index is -4.92. The molecule has 0 radical (unpaired) electrons. The van der Waals surface area contributed by atoms with Crippen LogP contribution in [-0.4, -0.2) is 40.7 Å². The molecule has 6 nitrogen and oxygen atoms in total. The van der Waals surface area contributed by atoms with Crippen LogP contribution in [0.2, 0.25) is 10.0 Å². The molecule has 3 aromatic rings. The number of amides is 1. The van der Waals surface area contributed by atoms with Gasteiger partial charge < -0.3 is 14.8 Å². The highest BCUT2D eigenvalue weighted by molar-refractivity contribution is 7.90. The second-order valence-electron chi connectivity index (χ2n) is 7.70. The summed E-state index contributed by atoms with van der Waals surface area (Å²) in [6.45, 7) is -0.00818. The summed E-state index contributed by atoms with van der Waals surface area (Å²) in [4.78, 5) is 13.1. The molecule has 0 spiro atoms. The van der Waals surface area contributed by atoms with Gasteiger partial charge in [-0.1, -0.05) is 53.5 Å². The van der Waals surface area contributed by atoms with Crippen molar-refractivity contribution >= 4 is 44.6 Å². The molecule has 0 unspecified atom stereocenters. The molecule has 0 aliphatic carbocycles. The first kappa shape index (κ1) is 27.8. The molecular formula is C24H20Cl2F3NO5S. The molecule has 1 atom stereocenters. The van der Waals surface area contributed by atoms with Crippen LogP contribution in [0.3, 0.4) is 0 Å². The van der Waals surface area contributed by atoms with Crippen molar-refractivity contribution in [2.24, 2.45) is 0 Å². The maximum absolute atomic E-state index is 13.0. The summed E-state index contributed by atoms with van der Waals surface area (Å²) < 4.78 is 71.1. The van der Waals surface area contributed by atoms with E-state index < -0.39 is 33.8 Å². The van der Waals surface area contributed by atoms with Gasteiger partial charge >= 0.3 is 6.36 Å². The molecule has 1 N–H and O–H groups in total. The van der Waals surface area contributed by atoms with Crippen molar-refractivity contribution in [3.63, 3.8) is 0 Å². The van der Waals surface area contributed by atoms with Crippen molar-refractivity contribution in [1.29, 1.82) is 0 Å². The SMILES string of the molecule is COC[C@@H](C(=O)Nc1cc(Cl)c(-c2ccccc2OC(F)(F)F)c(Cl)c1)c1ccc(S(C)(=O)=O)cc1. The lowest BCUT2D eigenvalue weighted by Gasteiger charge is -2.19. The zero-order valence-electron chi connectivity index (χ0n) is 18.9. The lowest BCUT2D eigenvalue weighted by Crippen LogP contribution is -2.24. The maximum atomic E-state index is 13.0. The fourth-order valence-electron chi connectivity index (χ4n) is 3.46. The standard InChI is InChI=1S/C24H20Cl2F3NO5S/c1-34-13-18(14-7-9-16(10-8-14)36(2,32)33)23(31)30-15-11-19(25)22(20(26)12-15)17-5-3-4-6-21(17)35-24(27,28)29/h3-12,18H,13H2,1-2H3,(H,30,31)/t18-/m1/s1. The number of carbonyl (C=O) groups excluding carboxylic acids is 1. The number of alkyl halides is 3. The van der Waals surface area contributed by atoms with Crippen molar-refractivity contribution in [1.82, 2.24) is 0 Å². The number of benzene rings is 3. The fraction of sp³-hybridized carbons (Fsp3) is 0.208. The smallest absolute Gasteiger partial charge is 0.405 e. The summed E-state index contributed by atoms with van der Waals surface area (Å²) in [6.07, 6.45) is -3.84. The van der Waals surface area contributed by atoms with Crippen molar-refractivity contribution in [2.75, 3.05) is 25.3 Å². The molecule has 1 amide bonds. The van der Waals surface area contributed by atoms with E-state index in [9.17, 15) is 26.4 Å². The van der Waals surface area contributed by atoms with E-state index in [-0.39, 0.29) is 38.4 Å². The number of nitrogens with one attached hydrogen (secondary N) is 1. The highest BCUT2D eigenvalue weighted by atomic mass is 35.5. The highest BCUT2D eigenvalue weighted by Gasteiger charge is 2.32. The van der Waals surface area contributed by atoms with Crippen LogP contribution in [0.4, 0.5) is 18.9 Å². The third-order valence-electron chi connectivity index (χ3n) is 5.05. The lowest BCUT2D eigenvalue weighted by atomic mass is 9.98. The predicted molar refractivity (Wildman–Crippen MR) is 131 cm³/mol. The van der Waals surface area contributed by atoms with Crippen molar-refractivity contribution in [3.05, 3.63) is 76.3 Å². The first-order valence-electron chi connectivity index (χ1n) is 10.2. The molecule has 192 valence electrons. The Labute approximate surface area is 215 Å². The first-order chi connectivity index (χ1) is 16.8. The number of methoxy groups -OCH3 is 1. The zero-order chi connectivity index (χ0) is 26.7. The molecule has 12 heteroatoms. The second kappa shape index (κ2) is 11.1. The Morgan fingerprint density at radius 2 is 1.61 bits per heavy atom. The average Bonchev–Trinajstić information content (AvgIpc) is 2.76. The van der Waals surface area contributed by atoms with Crippen LogP contribution in [0.1, 0.15) is 11.5 Å². The monoisotopic (exact) mass is 561 g/mol. The quantitative estimate of drug-likeness (QED) is 0.347. The second-order valence-corrected chi connectivity index (χ2v) is 10.5. The fourth-order valence-corrected chi connectivity index (χ4v) is 4.78. The molecule has 0 aliphatic rings. The van der Waals surface area contributed by atoms with Gasteiger partial charge in [0.2, 0.25) is 5.91 Å². The van der Waals surface area contributed by atoms with Gasteiger partial charge in [0.05, 0.1) is 27.5 Å². The molecule has 3 rings (SSSR count). The number of sulfone groups is 1. The molecule has 0 bridgehead atoms. The van der Waals surface area contributed by atoms with Gasteiger partial charge in [-0.2, -0.15) is 0 Å². The number of anilines is 1. The predicted octanol–water partition coefficient (Wildman–Crippen LogP) is 6.33. The number of rotatable bonds is 8. The summed E-state index contributed by atoms with van der Waals surface area (Å²) in [7, 11) is -2.00. The number of halogens is 5. The topological polar surface area (TPSA) is 81.7 Å². The Hall–Kier alpha value is -2.79. The van der Waals surface area contributed by atoms with Crippen LogP contribution in [0, 0.1) is 0 Å². The molecule has 0 aromatic heterocycles. The summed E-state index contributed by atoms with van der Waals surface area (Å²) in [6, 6.07) is 13.9. The number of carbonyl (C=O) groups is 1. The Kier molecular flexibility index (Phi) is 8.55. The summed E-state index contributed by atoms with van der Waals surface area (Å²) >= 11 is 12.7. The maximum Gasteiger partial charge on any atom is 0.573 e. The molecule has 0 fully saturated rings. The third-order valence-corrected chi connectivity index (χ3v) is 6.78. The van der Waals surface area contributed by atoms with E-state index in [4.69, 9.17) is 27.9 Å². The Morgan fingerprint density at radius 3 is 2.14 bits per heavy atom. The van der Waals surface area contributed by atoms with Crippen LogP contribution in [0.25, 0.3) is 11.1 Å². The van der Waals surface area contributed by atoms with Gasteiger partial charge in [-0.3, -0.25) is 4.79 Å². The molecule has 3 aromatic carbocycles. The van der Waals surface area contributed by atoms with E-state index in [1.807, 2.05) is 0 Å². The summed E-state index contributed by atoms with van der Waals surface area (Å²) in [5.41, 5.74) is 0.822. The van der Waals surface area contributed by atoms with E-state index in [0.717, 1.165) is 12.3 Å². The van der Waals surface area contributed by atoms with E-state index in [1.165, 1.54) is 61.7 Å². The van der Waals surface area contributed by atoms with Crippen LogP contribution in [0.5, 0.6) is 5.75 Å². The average molecular weight is 562 g/mol. The van der Waals surface area contributed by atoms with Crippen LogP contribution < -0.4 is 10.1 Å². The first-order valence-corrected chi connectivity index (χ1v) is 12.9. The number of ether oxygens (including phenoxy) is 2. The molecule has 0 saturated heterocycles. The van der Waals surface area contributed by atoms with Crippen molar-refractivity contribution in [3.8, 4) is 16.9 Å². The van der Waals surface area contributed by atoms with E-state index in [0.29, 0.717) is 5.56 Å². The Balaban J connectivity index is 1.90. The van der Waals surface area contributed by atoms with Crippen LogP contribution >= 0.6 is 23.2 Å². The third kappa shape index (κ3) is 6.91. The molecule has 0 saturated carbocycles. The minimum Gasteiger partial charge on any atom is -0.405 e. The van der Waals surface area contributed by atoms with E-state index in [1.54, 1.807) is 0 Å². The summed E-state index contributed by atoms with van der Waals surface area (Å²) in [5.74, 6) is -1.78. The van der Waals surface area contributed by atoms with Gasteiger partial charge in [-0.25, -0.2) is 8.42 Å². The van der Waals surface area contributed by atoms with E-state index in [2.05, 4.69) is 10.1 Å².